The Morgan fingerprint density at radius 2 is 2.20 bits per heavy atom. The summed E-state index contributed by atoms with van der Waals surface area (Å²) in [6, 6.07) is 9.86. The summed E-state index contributed by atoms with van der Waals surface area (Å²) in [5.41, 5.74) is 2.95. The topological polar surface area (TPSA) is 34.1 Å². The van der Waals surface area contributed by atoms with Gasteiger partial charge in [0.2, 0.25) is 0 Å². The molecule has 3 nitrogen and oxygen atoms in total. The summed E-state index contributed by atoms with van der Waals surface area (Å²) in [5.74, 6) is 0.844. The van der Waals surface area contributed by atoms with Crippen LogP contribution in [-0.2, 0) is 6.54 Å². The van der Waals surface area contributed by atoms with Crippen molar-refractivity contribution in [1.29, 1.82) is 0 Å². The fourth-order valence-electron chi connectivity index (χ4n) is 1.81. The summed E-state index contributed by atoms with van der Waals surface area (Å²) < 4.78 is 5.62. The van der Waals surface area contributed by atoms with Crippen LogP contribution in [0.25, 0.3) is 0 Å². The molecule has 2 aromatic rings. The third-order valence-corrected chi connectivity index (χ3v) is 3.08. The molecule has 20 heavy (non-hydrogen) atoms. The van der Waals surface area contributed by atoms with Crippen molar-refractivity contribution >= 4 is 17.3 Å². The molecule has 2 rings (SSSR count). The van der Waals surface area contributed by atoms with Gasteiger partial charge >= 0.3 is 0 Å². The largest absolute Gasteiger partial charge is 0.489 e. The molecular weight excluding hydrogens is 272 g/mol. The number of benzene rings is 1. The van der Waals surface area contributed by atoms with Crippen LogP contribution < -0.4 is 10.1 Å². The van der Waals surface area contributed by atoms with E-state index in [9.17, 15) is 0 Å². The first kappa shape index (κ1) is 14.4. The van der Waals surface area contributed by atoms with Crippen molar-refractivity contribution < 1.29 is 4.74 Å². The molecule has 0 fully saturated rings. The Morgan fingerprint density at radius 1 is 1.40 bits per heavy atom. The van der Waals surface area contributed by atoms with Crippen molar-refractivity contribution in [2.45, 2.75) is 13.5 Å². The Bertz CT molecular complexity index is 599. The Balaban J connectivity index is 2.10. The summed E-state index contributed by atoms with van der Waals surface area (Å²) in [6.07, 6.45) is 3.47. The molecule has 1 aromatic heterocycles. The van der Waals surface area contributed by atoms with Gasteiger partial charge in [0.05, 0.1) is 5.69 Å². The molecule has 0 atom stereocenters. The summed E-state index contributed by atoms with van der Waals surface area (Å²) >= 11 is 6.07. The van der Waals surface area contributed by atoms with Gasteiger partial charge in [0.25, 0.3) is 0 Å². The minimum absolute atomic E-state index is 0.472. The lowest BCUT2D eigenvalue weighted by atomic mass is 10.2. The van der Waals surface area contributed by atoms with E-state index in [4.69, 9.17) is 16.3 Å². The average Bonchev–Trinajstić information content (AvgIpc) is 2.47. The highest BCUT2D eigenvalue weighted by molar-refractivity contribution is 6.31. The average molecular weight is 289 g/mol. The second-order valence-corrected chi connectivity index (χ2v) is 4.77. The van der Waals surface area contributed by atoms with Gasteiger partial charge in [0.1, 0.15) is 12.4 Å². The quantitative estimate of drug-likeness (QED) is 0.638. The fourth-order valence-corrected chi connectivity index (χ4v) is 1.98. The van der Waals surface area contributed by atoms with Gasteiger partial charge in [0.15, 0.2) is 5.15 Å². The van der Waals surface area contributed by atoms with Gasteiger partial charge in [-0.2, -0.15) is 0 Å². The van der Waals surface area contributed by atoms with Crippen LogP contribution in [0.1, 0.15) is 11.1 Å². The van der Waals surface area contributed by atoms with Crippen LogP contribution in [0.4, 0.5) is 5.69 Å². The molecule has 0 saturated heterocycles. The Hall–Kier alpha value is -2.00. The zero-order chi connectivity index (χ0) is 14.4. The van der Waals surface area contributed by atoms with E-state index < -0.39 is 0 Å². The number of nitrogens with zero attached hydrogens (tertiary/aromatic N) is 1. The van der Waals surface area contributed by atoms with Crippen molar-refractivity contribution in [3.05, 3.63) is 65.5 Å². The van der Waals surface area contributed by atoms with Crippen LogP contribution in [0.3, 0.4) is 0 Å². The molecular formula is C16H17ClN2O. The molecule has 0 bridgehead atoms. The molecule has 0 radical (unpaired) electrons. The van der Waals surface area contributed by atoms with E-state index in [0.29, 0.717) is 18.3 Å². The van der Waals surface area contributed by atoms with E-state index in [2.05, 4.69) is 16.9 Å². The van der Waals surface area contributed by atoms with E-state index in [-0.39, 0.29) is 0 Å². The first-order chi connectivity index (χ1) is 9.70. The molecule has 4 heteroatoms. The van der Waals surface area contributed by atoms with Gasteiger partial charge in [-0.3, -0.25) is 0 Å². The number of hydrogen-bond acceptors (Lipinski definition) is 3. The maximum atomic E-state index is 6.07. The third kappa shape index (κ3) is 3.75. The van der Waals surface area contributed by atoms with Crippen LogP contribution >= 0.6 is 11.6 Å². The number of nitrogens with one attached hydrogen (secondary N) is 1. The highest BCUT2D eigenvalue weighted by Gasteiger charge is 2.05. The molecule has 0 saturated carbocycles. The number of hydrogen-bond donors (Lipinski definition) is 1. The number of anilines is 1. The zero-order valence-corrected chi connectivity index (χ0v) is 12.2. The van der Waals surface area contributed by atoms with Crippen molar-refractivity contribution in [2.24, 2.45) is 0 Å². The molecule has 1 N–H and O–H groups in total. The smallest absolute Gasteiger partial charge is 0.152 e. The van der Waals surface area contributed by atoms with Crippen molar-refractivity contribution in [3.8, 4) is 5.75 Å². The minimum atomic E-state index is 0.472. The van der Waals surface area contributed by atoms with Crippen LogP contribution in [0.2, 0.25) is 5.15 Å². The molecule has 104 valence electrons. The van der Waals surface area contributed by atoms with Crippen LogP contribution in [-0.4, -0.2) is 11.6 Å². The highest BCUT2D eigenvalue weighted by atomic mass is 35.5. The van der Waals surface area contributed by atoms with Gasteiger partial charge in [-0.1, -0.05) is 42.5 Å². The summed E-state index contributed by atoms with van der Waals surface area (Å²) in [5, 5.41) is 3.76. The number of ether oxygens (including phenoxy) is 1. The number of pyridine rings is 1. The molecule has 1 heterocycles. The fraction of sp³-hybridized carbons (Fsp3) is 0.188. The predicted octanol–water partition coefficient (Wildman–Crippen LogP) is 4.22. The summed E-state index contributed by atoms with van der Waals surface area (Å²) in [7, 11) is 0. The van der Waals surface area contributed by atoms with E-state index in [0.717, 1.165) is 22.6 Å². The Labute approximate surface area is 124 Å². The minimum Gasteiger partial charge on any atom is -0.489 e. The lowest BCUT2D eigenvalue weighted by Crippen LogP contribution is -2.04. The second-order valence-electron chi connectivity index (χ2n) is 4.41. The Kier molecular flexibility index (Phi) is 5.02. The first-order valence-electron chi connectivity index (χ1n) is 6.38. The molecule has 0 spiro atoms. The first-order valence-corrected chi connectivity index (χ1v) is 6.76. The van der Waals surface area contributed by atoms with Gasteiger partial charge in [-0.05, 0) is 24.6 Å². The number of halogens is 1. The highest BCUT2D eigenvalue weighted by Crippen LogP contribution is 2.23. The second kappa shape index (κ2) is 6.96. The van der Waals surface area contributed by atoms with Gasteiger partial charge in [-0.15, -0.1) is 0 Å². The lowest BCUT2D eigenvalue weighted by molar-refractivity contribution is 0.359. The number of rotatable bonds is 6. The van der Waals surface area contributed by atoms with Crippen LogP contribution in [0, 0.1) is 6.92 Å². The summed E-state index contributed by atoms with van der Waals surface area (Å²) in [6.45, 7) is 6.75. The third-order valence-electron chi connectivity index (χ3n) is 2.77. The SMILES string of the molecule is C=CCOc1ccccc1CNc1cc(C)cnc1Cl. The van der Waals surface area contributed by atoms with Crippen LogP contribution in [0.5, 0.6) is 5.75 Å². The van der Waals surface area contributed by atoms with Crippen molar-refractivity contribution in [1.82, 2.24) is 4.98 Å². The van der Waals surface area contributed by atoms with E-state index >= 15 is 0 Å². The molecule has 0 aliphatic carbocycles. The van der Waals surface area contributed by atoms with Gasteiger partial charge in [-0.25, -0.2) is 4.98 Å². The van der Waals surface area contributed by atoms with E-state index in [1.807, 2.05) is 37.3 Å². The van der Waals surface area contributed by atoms with Crippen LogP contribution in [0.15, 0.2) is 49.2 Å². The van der Waals surface area contributed by atoms with Crippen molar-refractivity contribution in [2.75, 3.05) is 11.9 Å². The van der Waals surface area contributed by atoms with E-state index in [1.54, 1.807) is 12.3 Å². The maximum Gasteiger partial charge on any atom is 0.152 e. The standard InChI is InChI=1S/C16H17ClN2O/c1-3-8-20-15-7-5-4-6-13(15)11-18-14-9-12(2)10-19-16(14)17/h3-7,9-10,18H,1,8,11H2,2H3. The zero-order valence-electron chi connectivity index (χ0n) is 11.4. The number of para-hydroxylation sites is 1. The van der Waals surface area contributed by atoms with Crippen molar-refractivity contribution in [3.63, 3.8) is 0 Å². The monoisotopic (exact) mass is 288 g/mol. The number of aryl methyl sites for hydroxylation is 1. The molecule has 0 aliphatic heterocycles. The van der Waals surface area contributed by atoms with Gasteiger partial charge in [0, 0.05) is 18.3 Å². The van der Waals surface area contributed by atoms with Gasteiger partial charge < -0.3 is 10.1 Å². The molecule has 0 amide bonds. The normalized spacial score (nSPS) is 10.1. The van der Waals surface area contributed by atoms with E-state index in [1.165, 1.54) is 0 Å². The lowest BCUT2D eigenvalue weighted by Gasteiger charge is -2.12. The summed E-state index contributed by atoms with van der Waals surface area (Å²) in [4.78, 5) is 4.12. The molecule has 1 aromatic carbocycles. The molecule has 0 unspecified atom stereocenters. The Morgan fingerprint density at radius 3 is 3.00 bits per heavy atom. The molecule has 0 aliphatic rings. The predicted molar refractivity (Wildman–Crippen MR) is 83.4 cm³/mol. The number of aromatic nitrogens is 1. The maximum absolute atomic E-state index is 6.07.